The van der Waals surface area contributed by atoms with Crippen LogP contribution in [0, 0.1) is 13.8 Å². The van der Waals surface area contributed by atoms with Gasteiger partial charge >= 0.3 is 5.97 Å². The van der Waals surface area contributed by atoms with Crippen LogP contribution in [0.1, 0.15) is 16.8 Å². The lowest BCUT2D eigenvalue weighted by molar-refractivity contribution is -0.136. The Hall–Kier alpha value is -2.14. The van der Waals surface area contributed by atoms with E-state index in [0.717, 1.165) is 27.5 Å². The van der Waals surface area contributed by atoms with E-state index < -0.39 is 5.97 Å². The molecule has 1 aromatic carbocycles. The molecule has 102 valence electrons. The molecule has 0 aliphatic rings. The van der Waals surface area contributed by atoms with Crippen LogP contribution in [-0.4, -0.2) is 20.5 Å². The lowest BCUT2D eigenvalue weighted by atomic mass is 10.0. The molecule has 2 aromatic heterocycles. The zero-order chi connectivity index (χ0) is 14.3. The Bertz CT molecular complexity index is 801. The van der Waals surface area contributed by atoms with Gasteiger partial charge in [0.05, 0.1) is 17.8 Å². The van der Waals surface area contributed by atoms with Crippen LogP contribution in [0.3, 0.4) is 0 Å². The van der Waals surface area contributed by atoms with Crippen LogP contribution in [0.25, 0.3) is 16.2 Å². The van der Waals surface area contributed by atoms with Gasteiger partial charge < -0.3 is 5.11 Å². The fraction of sp³-hybridized carbons (Fsp3) is 0.200. The molecule has 4 nitrogen and oxygen atoms in total. The molecular weight excluding hydrogens is 272 g/mol. The highest BCUT2D eigenvalue weighted by molar-refractivity contribution is 7.15. The molecule has 0 radical (unpaired) electrons. The van der Waals surface area contributed by atoms with Gasteiger partial charge in [0.2, 0.25) is 0 Å². The minimum atomic E-state index is -0.844. The van der Waals surface area contributed by atoms with Crippen molar-refractivity contribution in [1.29, 1.82) is 0 Å². The molecule has 0 bridgehead atoms. The monoisotopic (exact) mass is 286 g/mol. The van der Waals surface area contributed by atoms with E-state index in [1.54, 1.807) is 0 Å². The van der Waals surface area contributed by atoms with Gasteiger partial charge in [0, 0.05) is 17.1 Å². The van der Waals surface area contributed by atoms with Crippen LogP contribution in [-0.2, 0) is 11.2 Å². The Kier molecular flexibility index (Phi) is 3.06. The molecule has 0 saturated carbocycles. The van der Waals surface area contributed by atoms with Crippen molar-refractivity contribution in [2.24, 2.45) is 0 Å². The van der Waals surface area contributed by atoms with Gasteiger partial charge in [-0.3, -0.25) is 9.20 Å². The van der Waals surface area contributed by atoms with Crippen LogP contribution in [0.4, 0.5) is 0 Å². The molecule has 3 aromatic rings. The van der Waals surface area contributed by atoms with Gasteiger partial charge in [0.15, 0.2) is 4.96 Å². The van der Waals surface area contributed by atoms with E-state index in [9.17, 15) is 4.79 Å². The summed E-state index contributed by atoms with van der Waals surface area (Å²) in [5.74, 6) is -0.844. The van der Waals surface area contributed by atoms with E-state index in [1.807, 2.05) is 42.0 Å². The van der Waals surface area contributed by atoms with Gasteiger partial charge in [0.25, 0.3) is 0 Å². The van der Waals surface area contributed by atoms with Gasteiger partial charge in [-0.15, -0.1) is 11.3 Å². The van der Waals surface area contributed by atoms with E-state index in [4.69, 9.17) is 5.11 Å². The summed E-state index contributed by atoms with van der Waals surface area (Å²) in [5.41, 5.74) is 4.81. The van der Waals surface area contributed by atoms with E-state index in [0.29, 0.717) is 0 Å². The predicted molar refractivity (Wildman–Crippen MR) is 79.3 cm³/mol. The molecule has 2 heterocycles. The maximum atomic E-state index is 11.1. The summed E-state index contributed by atoms with van der Waals surface area (Å²) in [7, 11) is 0. The van der Waals surface area contributed by atoms with Crippen molar-refractivity contribution in [1.82, 2.24) is 9.38 Å². The zero-order valence-electron chi connectivity index (χ0n) is 11.3. The molecule has 1 N–H and O–H groups in total. The van der Waals surface area contributed by atoms with Crippen molar-refractivity contribution in [3.05, 3.63) is 46.6 Å². The zero-order valence-corrected chi connectivity index (χ0v) is 12.1. The van der Waals surface area contributed by atoms with Gasteiger partial charge in [-0.05, 0) is 19.4 Å². The quantitative estimate of drug-likeness (QED) is 0.803. The van der Waals surface area contributed by atoms with Crippen molar-refractivity contribution in [2.75, 3.05) is 0 Å². The number of aromatic nitrogens is 2. The number of fused-ring (bicyclic) bond motifs is 1. The van der Waals surface area contributed by atoms with Crippen LogP contribution in [0.2, 0.25) is 0 Å². The number of rotatable bonds is 3. The average molecular weight is 286 g/mol. The standard InChI is InChI=1S/C15H14N2O2S/c1-9-3-4-11(10(2)7-9)14-12(8-13(18)19)17-5-6-20-15(17)16-14/h3-7H,8H2,1-2H3,(H,18,19). The smallest absolute Gasteiger partial charge is 0.309 e. The SMILES string of the molecule is Cc1ccc(-c2nc3sccn3c2CC(=O)O)c(C)c1. The summed E-state index contributed by atoms with van der Waals surface area (Å²) in [6, 6.07) is 6.14. The van der Waals surface area contributed by atoms with E-state index >= 15 is 0 Å². The predicted octanol–water partition coefficient (Wildman–Crippen LogP) is 3.31. The second-order valence-corrected chi connectivity index (χ2v) is 5.72. The van der Waals surface area contributed by atoms with Crippen molar-refractivity contribution in [3.63, 3.8) is 0 Å². The molecule has 0 atom stereocenters. The number of benzene rings is 1. The minimum absolute atomic E-state index is 0.0272. The number of hydrogen-bond acceptors (Lipinski definition) is 3. The highest BCUT2D eigenvalue weighted by Gasteiger charge is 2.18. The highest BCUT2D eigenvalue weighted by Crippen LogP contribution is 2.29. The molecule has 0 spiro atoms. The second-order valence-electron chi connectivity index (χ2n) is 4.85. The molecule has 0 amide bonds. The number of carboxylic acid groups (broad SMARTS) is 1. The average Bonchev–Trinajstić information content (AvgIpc) is 2.92. The Morgan fingerprint density at radius 1 is 1.40 bits per heavy atom. The maximum Gasteiger partial charge on any atom is 0.309 e. The Morgan fingerprint density at radius 3 is 2.90 bits per heavy atom. The number of carboxylic acids is 1. The third-order valence-corrected chi connectivity index (χ3v) is 4.07. The van der Waals surface area contributed by atoms with Crippen molar-refractivity contribution >= 4 is 22.3 Å². The normalized spacial score (nSPS) is 11.1. The first-order valence-corrected chi connectivity index (χ1v) is 7.18. The first kappa shape index (κ1) is 12.9. The Morgan fingerprint density at radius 2 is 2.20 bits per heavy atom. The number of carbonyl (C=O) groups is 1. The molecule has 0 aliphatic carbocycles. The molecule has 0 aliphatic heterocycles. The third kappa shape index (κ3) is 2.10. The summed E-state index contributed by atoms with van der Waals surface area (Å²) in [4.78, 5) is 16.6. The third-order valence-electron chi connectivity index (χ3n) is 3.32. The first-order chi connectivity index (χ1) is 9.56. The fourth-order valence-corrected chi connectivity index (χ4v) is 3.17. The van der Waals surface area contributed by atoms with E-state index in [1.165, 1.54) is 16.9 Å². The molecule has 0 fully saturated rings. The van der Waals surface area contributed by atoms with Gasteiger partial charge in [-0.1, -0.05) is 23.8 Å². The highest BCUT2D eigenvalue weighted by atomic mass is 32.1. The number of aliphatic carboxylic acids is 1. The molecule has 0 unspecified atom stereocenters. The van der Waals surface area contributed by atoms with Crippen LogP contribution in [0.5, 0.6) is 0 Å². The van der Waals surface area contributed by atoms with Crippen molar-refractivity contribution < 1.29 is 9.90 Å². The van der Waals surface area contributed by atoms with E-state index in [2.05, 4.69) is 11.1 Å². The molecule has 3 rings (SSSR count). The minimum Gasteiger partial charge on any atom is -0.481 e. The summed E-state index contributed by atoms with van der Waals surface area (Å²) >= 11 is 1.51. The van der Waals surface area contributed by atoms with Crippen molar-refractivity contribution in [2.45, 2.75) is 20.3 Å². The van der Waals surface area contributed by atoms with Crippen molar-refractivity contribution in [3.8, 4) is 11.3 Å². The lowest BCUT2D eigenvalue weighted by Gasteiger charge is -2.06. The van der Waals surface area contributed by atoms with E-state index in [-0.39, 0.29) is 6.42 Å². The molecule has 20 heavy (non-hydrogen) atoms. The van der Waals surface area contributed by atoms with Crippen LogP contribution in [0.15, 0.2) is 29.8 Å². The molecular formula is C15H14N2O2S. The number of imidazole rings is 1. The number of aryl methyl sites for hydroxylation is 2. The molecule has 0 saturated heterocycles. The lowest BCUT2D eigenvalue weighted by Crippen LogP contribution is -2.04. The summed E-state index contributed by atoms with van der Waals surface area (Å²) in [6.45, 7) is 4.07. The number of thiazole rings is 1. The van der Waals surface area contributed by atoms with Gasteiger partial charge in [0.1, 0.15) is 0 Å². The number of nitrogens with zero attached hydrogens (tertiary/aromatic N) is 2. The summed E-state index contributed by atoms with van der Waals surface area (Å²) in [6.07, 6.45) is 1.85. The summed E-state index contributed by atoms with van der Waals surface area (Å²) < 4.78 is 1.87. The maximum absolute atomic E-state index is 11.1. The Balaban J connectivity index is 2.24. The first-order valence-electron chi connectivity index (χ1n) is 6.30. The topological polar surface area (TPSA) is 54.6 Å². The fourth-order valence-electron chi connectivity index (χ4n) is 2.44. The largest absolute Gasteiger partial charge is 0.481 e. The Labute approximate surface area is 120 Å². The van der Waals surface area contributed by atoms with Crippen LogP contribution >= 0.6 is 11.3 Å². The summed E-state index contributed by atoms with van der Waals surface area (Å²) in [5, 5.41) is 11.0. The van der Waals surface area contributed by atoms with Gasteiger partial charge in [-0.2, -0.15) is 0 Å². The molecule has 5 heteroatoms. The van der Waals surface area contributed by atoms with Crippen LogP contribution < -0.4 is 0 Å². The van der Waals surface area contributed by atoms with Gasteiger partial charge in [-0.25, -0.2) is 4.98 Å². The number of hydrogen-bond donors (Lipinski definition) is 1. The second kappa shape index (κ2) is 4.76.